The number of rotatable bonds is 5. The van der Waals surface area contributed by atoms with Gasteiger partial charge in [-0.2, -0.15) is 0 Å². The normalized spacial score (nSPS) is 20.3. The van der Waals surface area contributed by atoms with Gasteiger partial charge in [0.2, 0.25) is 11.8 Å². The van der Waals surface area contributed by atoms with Gasteiger partial charge in [-0.15, -0.1) is 11.3 Å². The van der Waals surface area contributed by atoms with Crippen molar-refractivity contribution in [3.8, 4) is 16.2 Å². The monoisotopic (exact) mass is 558 g/mol. The molecule has 2 aromatic rings. The van der Waals surface area contributed by atoms with Crippen molar-refractivity contribution >= 4 is 29.2 Å². The molecule has 212 valence electrons. The molecule has 4 rings (SSSR count). The van der Waals surface area contributed by atoms with E-state index in [2.05, 4.69) is 15.6 Å². The summed E-state index contributed by atoms with van der Waals surface area (Å²) in [4.78, 5) is 46.4. The highest BCUT2D eigenvalue weighted by molar-refractivity contribution is 7.13. The van der Waals surface area contributed by atoms with E-state index in [9.17, 15) is 19.5 Å². The maximum atomic E-state index is 13.7. The summed E-state index contributed by atoms with van der Waals surface area (Å²) in [6.45, 7) is 13.0. The van der Waals surface area contributed by atoms with Gasteiger partial charge in [0.15, 0.2) is 0 Å². The standard InChI is InChI=1S/C28H38N4O6S/c1-15(16-8-9-18-20(10-16)37-13-19-22(18)39-14-29-19)24(34)30-21-11-17(33)12-32(21)25(35)23(27(2,3)4)31-26(36)38-28(5,6)7/h8-10,14-15,17,21,23,33H,11-13H2,1-7H3,(H,30,34)(H,31,36)/t15?,17-,21+,23-/m1/s1. The Morgan fingerprint density at radius 2 is 1.92 bits per heavy atom. The van der Waals surface area contributed by atoms with Crippen molar-refractivity contribution < 1.29 is 29.0 Å². The zero-order valence-corrected chi connectivity index (χ0v) is 24.3. The summed E-state index contributed by atoms with van der Waals surface area (Å²) in [7, 11) is 0. The van der Waals surface area contributed by atoms with Crippen LogP contribution in [0.25, 0.3) is 10.4 Å². The van der Waals surface area contributed by atoms with Gasteiger partial charge in [-0.05, 0) is 50.8 Å². The molecule has 0 radical (unpaired) electrons. The number of hydrogen-bond donors (Lipinski definition) is 3. The van der Waals surface area contributed by atoms with E-state index in [-0.39, 0.29) is 18.9 Å². The van der Waals surface area contributed by atoms with Crippen LogP contribution in [0, 0.1) is 5.41 Å². The predicted octanol–water partition coefficient (Wildman–Crippen LogP) is 3.78. The van der Waals surface area contributed by atoms with Crippen molar-refractivity contribution in [2.45, 2.75) is 91.3 Å². The van der Waals surface area contributed by atoms with Crippen LogP contribution < -0.4 is 15.4 Å². The molecule has 0 saturated carbocycles. The fourth-order valence-electron chi connectivity index (χ4n) is 4.73. The molecular weight excluding hydrogens is 520 g/mol. The maximum absolute atomic E-state index is 13.7. The number of nitrogens with one attached hydrogen (secondary N) is 2. The maximum Gasteiger partial charge on any atom is 0.408 e. The zero-order chi connectivity index (χ0) is 28.7. The zero-order valence-electron chi connectivity index (χ0n) is 23.5. The number of thiazole rings is 1. The van der Waals surface area contributed by atoms with Crippen molar-refractivity contribution in [3.05, 3.63) is 35.0 Å². The quantitative estimate of drug-likeness (QED) is 0.509. The molecule has 11 heteroatoms. The van der Waals surface area contributed by atoms with Crippen LogP contribution in [0.15, 0.2) is 23.7 Å². The number of fused-ring (bicyclic) bond motifs is 3. The third-order valence-corrected chi connectivity index (χ3v) is 7.70. The molecule has 3 amide bonds. The van der Waals surface area contributed by atoms with E-state index in [1.54, 1.807) is 44.5 Å². The van der Waals surface area contributed by atoms with E-state index in [0.717, 1.165) is 21.7 Å². The van der Waals surface area contributed by atoms with E-state index >= 15 is 0 Å². The Bertz CT molecular complexity index is 1250. The van der Waals surface area contributed by atoms with Gasteiger partial charge < -0.3 is 30.1 Å². The first-order valence-corrected chi connectivity index (χ1v) is 14.0. The average molecular weight is 559 g/mol. The van der Waals surface area contributed by atoms with Gasteiger partial charge in [0.25, 0.3) is 0 Å². The number of aromatic nitrogens is 1. The van der Waals surface area contributed by atoms with Crippen LogP contribution in [0.1, 0.15) is 72.1 Å². The van der Waals surface area contributed by atoms with Crippen molar-refractivity contribution in [1.29, 1.82) is 0 Å². The Kier molecular flexibility index (Phi) is 7.96. The summed E-state index contributed by atoms with van der Waals surface area (Å²) in [6.07, 6.45) is -2.04. The van der Waals surface area contributed by atoms with Gasteiger partial charge in [0.1, 0.15) is 30.2 Å². The molecule has 4 atom stereocenters. The van der Waals surface area contributed by atoms with Crippen molar-refractivity contribution in [2.24, 2.45) is 5.41 Å². The lowest BCUT2D eigenvalue weighted by Crippen LogP contribution is -2.58. The van der Waals surface area contributed by atoms with E-state index in [0.29, 0.717) is 12.4 Å². The topological polar surface area (TPSA) is 130 Å². The number of nitrogens with zero attached hydrogens (tertiary/aromatic N) is 2. The summed E-state index contributed by atoms with van der Waals surface area (Å²) >= 11 is 1.56. The second-order valence-corrected chi connectivity index (χ2v) is 13.1. The minimum atomic E-state index is -0.927. The smallest absolute Gasteiger partial charge is 0.408 e. The summed E-state index contributed by atoms with van der Waals surface area (Å²) in [6, 6.07) is 4.78. The number of alkyl carbamates (subject to hydrolysis) is 1. The van der Waals surface area contributed by atoms with Crippen LogP contribution in [0.3, 0.4) is 0 Å². The lowest BCUT2D eigenvalue weighted by atomic mass is 9.86. The number of carbonyl (C=O) groups is 3. The second-order valence-electron chi connectivity index (χ2n) is 12.2. The highest BCUT2D eigenvalue weighted by Gasteiger charge is 2.43. The largest absolute Gasteiger partial charge is 0.487 e. The minimum Gasteiger partial charge on any atom is -0.487 e. The number of β-amino-alcohol motifs (C(OH)–C–C–N with tert-alkyl or cyclic N) is 1. The molecule has 2 aliphatic heterocycles. The third-order valence-electron chi connectivity index (χ3n) is 6.79. The Morgan fingerprint density at radius 1 is 1.21 bits per heavy atom. The number of aliphatic hydroxyl groups is 1. The van der Waals surface area contributed by atoms with Crippen LogP contribution in [-0.2, 0) is 20.9 Å². The van der Waals surface area contributed by atoms with Crippen LogP contribution in [0.4, 0.5) is 4.79 Å². The molecule has 3 heterocycles. The van der Waals surface area contributed by atoms with Gasteiger partial charge in [-0.1, -0.05) is 26.8 Å². The SMILES string of the molecule is CC(C(=O)N[C@@H]1C[C@@H](O)CN1C(=O)[C@@H](NC(=O)OC(C)(C)C)C(C)(C)C)c1ccc2c(c1)OCc1ncsc1-2. The third kappa shape index (κ3) is 6.52. The summed E-state index contributed by atoms with van der Waals surface area (Å²) in [5, 5.41) is 16.1. The predicted molar refractivity (Wildman–Crippen MR) is 147 cm³/mol. The van der Waals surface area contributed by atoms with Gasteiger partial charge >= 0.3 is 6.09 Å². The molecule has 1 aromatic heterocycles. The Morgan fingerprint density at radius 3 is 2.59 bits per heavy atom. The van der Waals surface area contributed by atoms with E-state index in [1.807, 2.05) is 39.0 Å². The molecule has 0 bridgehead atoms. The number of aliphatic hydroxyl groups excluding tert-OH is 1. The number of carbonyl (C=O) groups excluding carboxylic acids is 3. The van der Waals surface area contributed by atoms with E-state index in [4.69, 9.17) is 9.47 Å². The minimum absolute atomic E-state index is 0.0462. The van der Waals surface area contributed by atoms with E-state index in [1.165, 1.54) is 4.90 Å². The highest BCUT2D eigenvalue weighted by Crippen LogP contribution is 2.41. The molecule has 10 nitrogen and oxygen atoms in total. The molecule has 0 spiro atoms. The lowest BCUT2D eigenvalue weighted by Gasteiger charge is -2.36. The van der Waals surface area contributed by atoms with Gasteiger partial charge in [0, 0.05) is 18.5 Å². The van der Waals surface area contributed by atoms with Crippen LogP contribution >= 0.6 is 11.3 Å². The Hall–Kier alpha value is -3.18. The molecule has 3 N–H and O–H groups in total. The summed E-state index contributed by atoms with van der Waals surface area (Å²) < 4.78 is 11.2. The number of ether oxygens (including phenoxy) is 2. The molecular formula is C28H38N4O6S. The Balaban J connectivity index is 1.48. The van der Waals surface area contributed by atoms with Crippen LogP contribution in [-0.4, -0.2) is 63.4 Å². The fourth-order valence-corrected chi connectivity index (χ4v) is 5.56. The molecule has 1 aromatic carbocycles. The number of hydrogen-bond acceptors (Lipinski definition) is 8. The van der Waals surface area contributed by atoms with Crippen molar-refractivity contribution in [1.82, 2.24) is 20.5 Å². The summed E-state index contributed by atoms with van der Waals surface area (Å²) in [5.74, 6) is -0.507. The van der Waals surface area contributed by atoms with Gasteiger partial charge in [-0.25, -0.2) is 9.78 Å². The molecule has 1 saturated heterocycles. The molecule has 1 fully saturated rings. The van der Waals surface area contributed by atoms with Crippen molar-refractivity contribution in [3.63, 3.8) is 0 Å². The van der Waals surface area contributed by atoms with Gasteiger partial charge in [0.05, 0.1) is 28.1 Å². The number of likely N-dealkylation sites (tertiary alicyclic amines) is 1. The van der Waals surface area contributed by atoms with Crippen LogP contribution in [0.2, 0.25) is 0 Å². The van der Waals surface area contributed by atoms with Gasteiger partial charge in [-0.3, -0.25) is 9.59 Å². The molecule has 1 unspecified atom stereocenters. The first-order chi connectivity index (χ1) is 18.1. The molecule has 39 heavy (non-hydrogen) atoms. The molecule has 2 aliphatic rings. The number of benzene rings is 1. The average Bonchev–Trinajstić information content (AvgIpc) is 3.45. The Labute approximate surface area is 233 Å². The highest BCUT2D eigenvalue weighted by atomic mass is 32.1. The van der Waals surface area contributed by atoms with Crippen molar-refractivity contribution in [2.75, 3.05) is 6.54 Å². The molecule has 0 aliphatic carbocycles. The number of amides is 3. The fraction of sp³-hybridized carbons (Fsp3) is 0.571. The second kappa shape index (κ2) is 10.8. The van der Waals surface area contributed by atoms with Crippen LogP contribution in [0.5, 0.6) is 5.75 Å². The first kappa shape index (κ1) is 28.8. The summed E-state index contributed by atoms with van der Waals surface area (Å²) in [5.41, 5.74) is 3.06. The lowest BCUT2D eigenvalue weighted by molar-refractivity contribution is -0.139. The van der Waals surface area contributed by atoms with E-state index < -0.39 is 47.2 Å². The first-order valence-electron chi connectivity index (χ1n) is 13.1.